The first-order chi connectivity index (χ1) is 12.8. The third kappa shape index (κ3) is 3.24. The van der Waals surface area contributed by atoms with Crippen LogP contribution in [0.15, 0.2) is 91.6 Å². The van der Waals surface area contributed by atoms with Gasteiger partial charge in [-0.25, -0.2) is 4.39 Å². The molecule has 0 aliphatic rings. The van der Waals surface area contributed by atoms with Crippen LogP contribution < -0.4 is 0 Å². The Hall–Kier alpha value is -3.34. The first-order valence-electron chi connectivity index (χ1n) is 8.38. The first-order valence-corrected chi connectivity index (χ1v) is 8.38. The van der Waals surface area contributed by atoms with Gasteiger partial charge in [0, 0.05) is 36.9 Å². The van der Waals surface area contributed by atoms with Gasteiger partial charge in [0.2, 0.25) is 0 Å². The van der Waals surface area contributed by atoms with E-state index in [2.05, 4.69) is 15.1 Å². The maximum Gasteiger partial charge on any atom is 0.123 e. The molecule has 4 rings (SSSR count). The van der Waals surface area contributed by atoms with Crippen molar-refractivity contribution in [2.24, 2.45) is 0 Å². The maximum absolute atomic E-state index is 13.5. The van der Waals surface area contributed by atoms with E-state index in [1.165, 1.54) is 12.1 Å². The smallest absolute Gasteiger partial charge is 0.123 e. The van der Waals surface area contributed by atoms with Gasteiger partial charge in [-0.15, -0.1) is 0 Å². The number of benzene rings is 1. The molecule has 0 aliphatic carbocycles. The van der Waals surface area contributed by atoms with Crippen LogP contribution in [-0.4, -0.2) is 19.7 Å². The summed E-state index contributed by atoms with van der Waals surface area (Å²) in [6.45, 7) is 0. The lowest BCUT2D eigenvalue weighted by Crippen LogP contribution is -2.22. The molecule has 1 aromatic carbocycles. The second kappa shape index (κ2) is 7.27. The molecule has 3 heterocycles. The highest BCUT2D eigenvalue weighted by Gasteiger charge is 2.29. The van der Waals surface area contributed by atoms with Crippen molar-refractivity contribution < 1.29 is 4.39 Å². The molecule has 0 radical (unpaired) electrons. The molecule has 2 atom stereocenters. The second-order valence-corrected chi connectivity index (χ2v) is 6.00. The molecule has 26 heavy (non-hydrogen) atoms. The van der Waals surface area contributed by atoms with Crippen molar-refractivity contribution in [1.82, 2.24) is 19.7 Å². The molecule has 3 aromatic heterocycles. The minimum atomic E-state index is -0.257. The van der Waals surface area contributed by atoms with Crippen molar-refractivity contribution in [1.29, 1.82) is 0 Å². The van der Waals surface area contributed by atoms with Crippen LogP contribution in [0, 0.1) is 5.82 Å². The van der Waals surface area contributed by atoms with Crippen molar-refractivity contribution >= 4 is 0 Å². The van der Waals surface area contributed by atoms with Gasteiger partial charge in [-0.1, -0.05) is 24.3 Å². The lowest BCUT2D eigenvalue weighted by atomic mass is 9.84. The highest BCUT2D eigenvalue weighted by molar-refractivity contribution is 5.36. The Balaban J connectivity index is 1.91. The Kier molecular flexibility index (Phi) is 4.51. The Morgan fingerprint density at radius 1 is 0.808 bits per heavy atom. The van der Waals surface area contributed by atoms with Gasteiger partial charge in [0.1, 0.15) is 11.9 Å². The van der Waals surface area contributed by atoms with Crippen LogP contribution in [0.5, 0.6) is 0 Å². The molecular weight excluding hydrogens is 327 g/mol. The Morgan fingerprint density at radius 2 is 1.69 bits per heavy atom. The van der Waals surface area contributed by atoms with Crippen molar-refractivity contribution in [2.75, 3.05) is 0 Å². The molecule has 0 fully saturated rings. The summed E-state index contributed by atoms with van der Waals surface area (Å²) in [4.78, 5) is 8.85. The molecular formula is C21H17FN4. The second-order valence-electron chi connectivity index (χ2n) is 6.00. The summed E-state index contributed by atoms with van der Waals surface area (Å²) in [5, 5.41) is 4.46. The highest BCUT2D eigenvalue weighted by atomic mass is 19.1. The largest absolute Gasteiger partial charge is 0.264 e. The zero-order valence-electron chi connectivity index (χ0n) is 14.0. The molecule has 4 aromatic rings. The summed E-state index contributed by atoms with van der Waals surface area (Å²) >= 11 is 0. The van der Waals surface area contributed by atoms with E-state index in [4.69, 9.17) is 0 Å². The van der Waals surface area contributed by atoms with E-state index in [0.29, 0.717) is 0 Å². The fourth-order valence-electron chi connectivity index (χ4n) is 3.24. The molecule has 0 aliphatic heterocycles. The Morgan fingerprint density at radius 3 is 2.35 bits per heavy atom. The molecule has 0 saturated carbocycles. The fraction of sp³-hybridized carbons (Fsp3) is 0.0952. The van der Waals surface area contributed by atoms with Crippen molar-refractivity contribution in [3.8, 4) is 0 Å². The summed E-state index contributed by atoms with van der Waals surface area (Å²) in [5.74, 6) is -0.369. The summed E-state index contributed by atoms with van der Waals surface area (Å²) < 4.78 is 15.4. The maximum atomic E-state index is 13.5. The topological polar surface area (TPSA) is 43.6 Å². The highest BCUT2D eigenvalue weighted by Crippen LogP contribution is 2.38. The molecule has 0 saturated heterocycles. The van der Waals surface area contributed by atoms with Crippen LogP contribution >= 0.6 is 0 Å². The third-order valence-corrected chi connectivity index (χ3v) is 4.39. The molecule has 0 bridgehead atoms. The average Bonchev–Trinajstić information content (AvgIpc) is 3.22. The lowest BCUT2D eigenvalue weighted by Gasteiger charge is -2.28. The molecule has 0 N–H and O–H groups in total. The summed E-state index contributed by atoms with van der Waals surface area (Å²) in [7, 11) is 0. The van der Waals surface area contributed by atoms with Crippen LogP contribution in [-0.2, 0) is 0 Å². The molecule has 4 nitrogen and oxygen atoms in total. The monoisotopic (exact) mass is 344 g/mol. The number of pyridine rings is 2. The van der Waals surface area contributed by atoms with Crippen LogP contribution in [0.4, 0.5) is 4.39 Å². The Bertz CT molecular complexity index is 939. The predicted octanol–water partition coefficient (Wildman–Crippen LogP) is 4.23. The summed E-state index contributed by atoms with van der Waals surface area (Å²) in [5.41, 5.74) is 2.88. The van der Waals surface area contributed by atoms with E-state index in [1.54, 1.807) is 18.6 Å². The molecule has 5 heteroatoms. The van der Waals surface area contributed by atoms with Gasteiger partial charge in [-0.3, -0.25) is 14.6 Å². The van der Waals surface area contributed by atoms with E-state index < -0.39 is 0 Å². The number of aromatic nitrogens is 4. The van der Waals surface area contributed by atoms with Crippen molar-refractivity contribution in [2.45, 2.75) is 12.0 Å². The van der Waals surface area contributed by atoms with Gasteiger partial charge in [0.25, 0.3) is 0 Å². The van der Waals surface area contributed by atoms with Crippen LogP contribution in [0.3, 0.4) is 0 Å². The molecule has 0 spiro atoms. The van der Waals surface area contributed by atoms with E-state index in [1.807, 2.05) is 65.6 Å². The van der Waals surface area contributed by atoms with Gasteiger partial charge in [0.05, 0.1) is 5.69 Å². The molecule has 2 unspecified atom stereocenters. The fourth-order valence-corrected chi connectivity index (χ4v) is 3.24. The van der Waals surface area contributed by atoms with E-state index in [-0.39, 0.29) is 17.8 Å². The van der Waals surface area contributed by atoms with Gasteiger partial charge < -0.3 is 0 Å². The van der Waals surface area contributed by atoms with E-state index >= 15 is 0 Å². The van der Waals surface area contributed by atoms with Gasteiger partial charge in [-0.05, 0) is 47.5 Å². The van der Waals surface area contributed by atoms with Crippen LogP contribution in [0.2, 0.25) is 0 Å². The normalized spacial score (nSPS) is 13.3. The molecule has 128 valence electrons. The van der Waals surface area contributed by atoms with Crippen LogP contribution in [0.25, 0.3) is 0 Å². The average molecular weight is 344 g/mol. The number of halogens is 1. The SMILES string of the molecule is Fc1ccc(C(c2cccnc2)C(c2ccccn2)n2cccn2)cc1. The number of nitrogens with zero attached hydrogens (tertiary/aromatic N) is 4. The van der Waals surface area contributed by atoms with Crippen molar-refractivity contribution in [3.63, 3.8) is 0 Å². The van der Waals surface area contributed by atoms with E-state index in [9.17, 15) is 4.39 Å². The number of hydrogen-bond donors (Lipinski definition) is 0. The van der Waals surface area contributed by atoms with Gasteiger partial charge >= 0.3 is 0 Å². The quantitative estimate of drug-likeness (QED) is 0.544. The van der Waals surface area contributed by atoms with Crippen LogP contribution in [0.1, 0.15) is 28.8 Å². The zero-order chi connectivity index (χ0) is 17.8. The standard InChI is InChI=1S/C21H17FN4/c22-18-9-7-16(8-10-18)20(17-5-3-11-23-15-17)21(26-14-4-13-25-26)19-6-1-2-12-24-19/h1-15,20-21H. The van der Waals surface area contributed by atoms with Gasteiger partial charge in [-0.2, -0.15) is 5.10 Å². The minimum absolute atomic E-state index is 0.112. The number of rotatable bonds is 5. The van der Waals surface area contributed by atoms with Crippen molar-refractivity contribution in [3.05, 3.63) is 114 Å². The lowest BCUT2D eigenvalue weighted by molar-refractivity contribution is 0.462. The zero-order valence-corrected chi connectivity index (χ0v) is 14.0. The predicted molar refractivity (Wildman–Crippen MR) is 97.1 cm³/mol. The van der Waals surface area contributed by atoms with E-state index in [0.717, 1.165) is 16.8 Å². The Labute approximate surface area is 151 Å². The minimum Gasteiger partial charge on any atom is -0.264 e. The molecule has 0 amide bonds. The summed E-state index contributed by atoms with van der Waals surface area (Å²) in [6, 6.07) is 18.1. The number of hydrogen-bond acceptors (Lipinski definition) is 3. The first kappa shape index (κ1) is 16.1. The van der Waals surface area contributed by atoms with Gasteiger partial charge in [0.15, 0.2) is 0 Å². The third-order valence-electron chi connectivity index (χ3n) is 4.39. The summed E-state index contributed by atoms with van der Waals surface area (Å²) in [6.07, 6.45) is 9.03.